The molecule has 1 atom stereocenters. The van der Waals surface area contributed by atoms with E-state index in [0.29, 0.717) is 11.1 Å². The molecular formula is C14H13F2NO. The van der Waals surface area contributed by atoms with Gasteiger partial charge < -0.3 is 5.11 Å². The van der Waals surface area contributed by atoms with Crippen molar-refractivity contribution in [2.24, 2.45) is 0 Å². The van der Waals surface area contributed by atoms with Crippen molar-refractivity contribution in [3.8, 4) is 0 Å². The van der Waals surface area contributed by atoms with Gasteiger partial charge in [-0.1, -0.05) is 24.3 Å². The van der Waals surface area contributed by atoms with Crippen LogP contribution < -0.4 is 0 Å². The van der Waals surface area contributed by atoms with E-state index in [1.165, 1.54) is 18.2 Å². The van der Waals surface area contributed by atoms with Crippen LogP contribution >= 0.6 is 0 Å². The highest BCUT2D eigenvalue weighted by molar-refractivity contribution is 5.32. The van der Waals surface area contributed by atoms with Gasteiger partial charge in [0.25, 0.3) is 6.43 Å². The van der Waals surface area contributed by atoms with Crippen LogP contribution in [0, 0.1) is 6.92 Å². The lowest BCUT2D eigenvalue weighted by Crippen LogP contribution is -2.01. The average Bonchev–Trinajstić information content (AvgIpc) is 2.39. The van der Waals surface area contributed by atoms with Crippen LogP contribution in [-0.2, 0) is 0 Å². The molecular weight excluding hydrogens is 236 g/mol. The van der Waals surface area contributed by atoms with Crippen molar-refractivity contribution < 1.29 is 13.9 Å². The minimum absolute atomic E-state index is 0.0911. The number of alkyl halides is 2. The summed E-state index contributed by atoms with van der Waals surface area (Å²) in [6, 6.07) is 9.30. The van der Waals surface area contributed by atoms with Gasteiger partial charge in [0.2, 0.25) is 0 Å². The maximum absolute atomic E-state index is 12.6. The molecule has 0 saturated carbocycles. The second kappa shape index (κ2) is 5.23. The Labute approximate surface area is 104 Å². The monoisotopic (exact) mass is 249 g/mol. The molecule has 4 heteroatoms. The zero-order valence-electron chi connectivity index (χ0n) is 9.85. The fraction of sp³-hybridized carbons (Fsp3) is 0.214. The van der Waals surface area contributed by atoms with E-state index in [1.54, 1.807) is 24.4 Å². The number of hydrogen-bond acceptors (Lipinski definition) is 2. The van der Waals surface area contributed by atoms with E-state index in [-0.39, 0.29) is 5.56 Å². The van der Waals surface area contributed by atoms with E-state index in [2.05, 4.69) is 4.98 Å². The molecule has 0 radical (unpaired) electrons. The third-order valence-electron chi connectivity index (χ3n) is 2.73. The number of nitrogens with zero attached hydrogens (tertiary/aromatic N) is 1. The third kappa shape index (κ3) is 2.71. The van der Waals surface area contributed by atoms with Gasteiger partial charge in [-0.15, -0.1) is 0 Å². The third-order valence-corrected chi connectivity index (χ3v) is 2.73. The summed E-state index contributed by atoms with van der Waals surface area (Å²) in [7, 11) is 0. The first-order valence-corrected chi connectivity index (χ1v) is 5.56. The second-order valence-corrected chi connectivity index (χ2v) is 4.11. The Morgan fingerprint density at radius 1 is 1.06 bits per heavy atom. The minimum atomic E-state index is -2.53. The summed E-state index contributed by atoms with van der Waals surface area (Å²) in [5.41, 5.74) is 1.78. The first kappa shape index (κ1) is 12.6. The summed E-state index contributed by atoms with van der Waals surface area (Å²) in [5.74, 6) is 0. The van der Waals surface area contributed by atoms with Crippen molar-refractivity contribution in [2.75, 3.05) is 0 Å². The fourth-order valence-electron chi connectivity index (χ4n) is 1.70. The predicted octanol–water partition coefficient (Wildman–Crippen LogP) is 3.41. The Kier molecular flexibility index (Phi) is 3.67. The molecule has 0 saturated heterocycles. The molecule has 0 aliphatic heterocycles. The van der Waals surface area contributed by atoms with Gasteiger partial charge in [-0.2, -0.15) is 0 Å². The molecule has 0 aliphatic rings. The molecule has 2 aromatic rings. The van der Waals surface area contributed by atoms with E-state index < -0.39 is 12.5 Å². The Bertz CT molecular complexity index is 526. The summed E-state index contributed by atoms with van der Waals surface area (Å²) in [6.45, 7) is 1.84. The van der Waals surface area contributed by atoms with Crippen molar-refractivity contribution in [3.05, 3.63) is 65.0 Å². The summed E-state index contributed by atoms with van der Waals surface area (Å²) in [5, 5.41) is 10.1. The Morgan fingerprint density at radius 3 is 2.39 bits per heavy atom. The molecule has 2 rings (SSSR count). The average molecular weight is 249 g/mol. The molecule has 0 spiro atoms. The summed E-state index contributed by atoms with van der Waals surface area (Å²) in [6.07, 6.45) is -1.92. The SMILES string of the molecule is Cc1ccc(C(O)c2cccc(C(F)F)c2)cn1. The zero-order chi connectivity index (χ0) is 13.1. The Hall–Kier alpha value is -1.81. The molecule has 0 aliphatic carbocycles. The lowest BCUT2D eigenvalue weighted by Gasteiger charge is -2.12. The number of rotatable bonds is 3. The molecule has 1 aromatic heterocycles. The van der Waals surface area contributed by atoms with Gasteiger partial charge in [-0.05, 0) is 24.6 Å². The van der Waals surface area contributed by atoms with Crippen molar-refractivity contribution in [2.45, 2.75) is 19.5 Å². The van der Waals surface area contributed by atoms with E-state index >= 15 is 0 Å². The number of aliphatic hydroxyl groups excluding tert-OH is 1. The molecule has 0 bridgehead atoms. The number of aliphatic hydroxyl groups is 1. The van der Waals surface area contributed by atoms with Gasteiger partial charge in [0.1, 0.15) is 6.10 Å². The Balaban J connectivity index is 2.30. The smallest absolute Gasteiger partial charge is 0.263 e. The summed E-state index contributed by atoms with van der Waals surface area (Å²) >= 11 is 0. The molecule has 18 heavy (non-hydrogen) atoms. The number of hydrogen-bond donors (Lipinski definition) is 1. The van der Waals surface area contributed by atoms with Crippen LogP contribution in [0.3, 0.4) is 0 Å². The summed E-state index contributed by atoms with van der Waals surface area (Å²) in [4.78, 5) is 4.08. The highest BCUT2D eigenvalue weighted by Crippen LogP contribution is 2.26. The van der Waals surface area contributed by atoms with Crippen LogP contribution in [0.1, 0.15) is 34.9 Å². The minimum Gasteiger partial charge on any atom is -0.384 e. The first-order valence-electron chi connectivity index (χ1n) is 5.56. The summed E-state index contributed by atoms with van der Waals surface area (Å²) < 4.78 is 25.1. The van der Waals surface area contributed by atoms with Crippen LogP contribution in [0.2, 0.25) is 0 Å². The molecule has 94 valence electrons. The van der Waals surface area contributed by atoms with Crippen molar-refractivity contribution >= 4 is 0 Å². The van der Waals surface area contributed by atoms with E-state index in [1.807, 2.05) is 6.92 Å². The van der Waals surface area contributed by atoms with Crippen LogP contribution in [0.25, 0.3) is 0 Å². The molecule has 1 heterocycles. The number of aromatic nitrogens is 1. The molecule has 0 amide bonds. The van der Waals surface area contributed by atoms with Gasteiger partial charge in [0.05, 0.1) is 0 Å². The molecule has 1 aromatic carbocycles. The van der Waals surface area contributed by atoms with Crippen molar-refractivity contribution in [1.29, 1.82) is 0 Å². The van der Waals surface area contributed by atoms with Gasteiger partial charge in [0, 0.05) is 23.0 Å². The normalized spacial score (nSPS) is 12.7. The fourth-order valence-corrected chi connectivity index (χ4v) is 1.70. The van der Waals surface area contributed by atoms with E-state index in [9.17, 15) is 13.9 Å². The van der Waals surface area contributed by atoms with Gasteiger partial charge in [-0.3, -0.25) is 4.98 Å². The van der Waals surface area contributed by atoms with Crippen LogP contribution in [0.5, 0.6) is 0 Å². The van der Waals surface area contributed by atoms with E-state index in [4.69, 9.17) is 0 Å². The van der Waals surface area contributed by atoms with Gasteiger partial charge >= 0.3 is 0 Å². The number of benzene rings is 1. The maximum atomic E-state index is 12.6. The number of pyridine rings is 1. The van der Waals surface area contributed by atoms with E-state index in [0.717, 1.165) is 5.69 Å². The molecule has 2 nitrogen and oxygen atoms in total. The van der Waals surface area contributed by atoms with Crippen LogP contribution in [-0.4, -0.2) is 10.1 Å². The van der Waals surface area contributed by atoms with Crippen molar-refractivity contribution in [1.82, 2.24) is 4.98 Å². The van der Waals surface area contributed by atoms with Crippen molar-refractivity contribution in [3.63, 3.8) is 0 Å². The van der Waals surface area contributed by atoms with Crippen LogP contribution in [0.15, 0.2) is 42.6 Å². The highest BCUT2D eigenvalue weighted by Gasteiger charge is 2.13. The molecule has 1 unspecified atom stereocenters. The van der Waals surface area contributed by atoms with Gasteiger partial charge in [0.15, 0.2) is 0 Å². The largest absolute Gasteiger partial charge is 0.384 e. The molecule has 1 N–H and O–H groups in total. The van der Waals surface area contributed by atoms with Crippen LogP contribution in [0.4, 0.5) is 8.78 Å². The number of halogens is 2. The Morgan fingerprint density at radius 2 is 1.78 bits per heavy atom. The lowest BCUT2D eigenvalue weighted by atomic mass is 10.0. The van der Waals surface area contributed by atoms with Gasteiger partial charge in [-0.25, -0.2) is 8.78 Å². The first-order chi connectivity index (χ1) is 8.58. The second-order valence-electron chi connectivity index (χ2n) is 4.11. The topological polar surface area (TPSA) is 33.1 Å². The molecule has 0 fully saturated rings. The lowest BCUT2D eigenvalue weighted by molar-refractivity contribution is 0.150. The quantitative estimate of drug-likeness (QED) is 0.904. The zero-order valence-corrected chi connectivity index (χ0v) is 9.85. The maximum Gasteiger partial charge on any atom is 0.263 e. The number of aryl methyl sites for hydroxylation is 1. The predicted molar refractivity (Wildman–Crippen MR) is 64.4 cm³/mol. The standard InChI is InChI=1S/C14H13F2NO/c1-9-5-6-12(8-17-9)13(18)10-3-2-4-11(7-10)14(15)16/h2-8,13-14,18H,1H3. The highest BCUT2D eigenvalue weighted by atomic mass is 19.3.